The van der Waals surface area contributed by atoms with Crippen molar-refractivity contribution in [1.29, 1.82) is 0 Å². The van der Waals surface area contributed by atoms with Crippen molar-refractivity contribution in [2.45, 2.75) is 133 Å². The van der Waals surface area contributed by atoms with Crippen LogP contribution in [0.1, 0.15) is 115 Å². The second-order valence-electron chi connectivity index (χ2n) is 18.8. The molecule has 0 aromatic heterocycles. The highest BCUT2D eigenvalue weighted by Gasteiger charge is 2.56. The van der Waals surface area contributed by atoms with Crippen LogP contribution in [0.3, 0.4) is 0 Å². The summed E-state index contributed by atoms with van der Waals surface area (Å²) in [6.45, 7) is 18.8. The number of rotatable bonds is 17. The van der Waals surface area contributed by atoms with E-state index < -0.39 is 118 Å². The summed E-state index contributed by atoms with van der Waals surface area (Å²) in [4.78, 5) is 103. The lowest BCUT2D eigenvalue weighted by Gasteiger charge is -2.50. The molecule has 0 radical (unpaired) electrons. The van der Waals surface area contributed by atoms with Crippen LogP contribution in [0.25, 0.3) is 0 Å². The van der Waals surface area contributed by atoms with Crippen LogP contribution >= 0.6 is 0 Å². The molecule has 3 aliphatic rings. The normalized spacial score (nSPS) is 22.5. The van der Waals surface area contributed by atoms with Crippen molar-refractivity contribution in [1.82, 2.24) is 0 Å². The number of cyclic esters (lactones) is 3. The number of hydrogen-bond acceptors (Lipinski definition) is 16. The lowest BCUT2D eigenvalue weighted by atomic mass is 9.54. The minimum absolute atomic E-state index is 0.00166. The fourth-order valence-electron chi connectivity index (χ4n) is 7.27. The summed E-state index contributed by atoms with van der Waals surface area (Å²) in [6.07, 6.45) is -2.41. The Bertz CT molecular complexity index is 1510. The van der Waals surface area contributed by atoms with Crippen molar-refractivity contribution >= 4 is 47.8 Å². The average Bonchev–Trinajstić information content (AvgIpc) is 3.79. The lowest BCUT2D eigenvalue weighted by Crippen LogP contribution is -2.51. The first-order valence-corrected chi connectivity index (χ1v) is 19.1. The van der Waals surface area contributed by atoms with E-state index in [4.69, 9.17) is 37.9 Å². The van der Waals surface area contributed by atoms with Crippen molar-refractivity contribution in [3.63, 3.8) is 0 Å². The Hall–Kier alpha value is -4.24. The van der Waals surface area contributed by atoms with Crippen molar-refractivity contribution in [3.05, 3.63) is 0 Å². The predicted molar refractivity (Wildman–Crippen MR) is 194 cm³/mol. The van der Waals surface area contributed by atoms with Gasteiger partial charge in [0.05, 0.1) is 37.1 Å². The summed E-state index contributed by atoms with van der Waals surface area (Å²) in [7, 11) is 0. The van der Waals surface area contributed by atoms with Crippen LogP contribution in [-0.2, 0) is 76.3 Å². The maximum atomic E-state index is 14.5. The van der Waals surface area contributed by atoms with Gasteiger partial charge in [0.1, 0.15) is 0 Å². The Morgan fingerprint density at radius 1 is 0.589 bits per heavy atom. The number of esters is 8. The molecule has 0 aliphatic carbocycles. The number of carbonyl (C=O) groups excluding carboxylic acids is 8. The smallest absolute Gasteiger partial charge is 0.347 e. The average molecular weight is 797 g/mol. The number of hydrogen-bond donors (Lipinski definition) is 0. The van der Waals surface area contributed by atoms with E-state index in [9.17, 15) is 38.4 Å². The van der Waals surface area contributed by atoms with Gasteiger partial charge in [-0.1, -0.05) is 69.2 Å². The van der Waals surface area contributed by atoms with Gasteiger partial charge < -0.3 is 37.9 Å². The minimum atomic E-state index is -1.54. The van der Waals surface area contributed by atoms with Crippen molar-refractivity contribution in [2.75, 3.05) is 33.0 Å². The minimum Gasteiger partial charge on any atom is -0.463 e. The van der Waals surface area contributed by atoms with E-state index in [1.54, 1.807) is 55.4 Å². The molecule has 0 aromatic carbocycles. The van der Waals surface area contributed by atoms with Crippen LogP contribution < -0.4 is 0 Å². The molecule has 3 heterocycles. The molecule has 0 bridgehead atoms. The van der Waals surface area contributed by atoms with Crippen molar-refractivity contribution < 1.29 is 76.3 Å². The summed E-state index contributed by atoms with van der Waals surface area (Å²) in [6, 6.07) is 0. The van der Waals surface area contributed by atoms with E-state index in [1.807, 2.05) is 20.8 Å². The van der Waals surface area contributed by atoms with E-state index >= 15 is 0 Å². The van der Waals surface area contributed by atoms with Gasteiger partial charge in [-0.25, -0.2) is 24.0 Å². The molecule has 6 unspecified atom stereocenters. The van der Waals surface area contributed by atoms with Crippen LogP contribution in [0, 0.1) is 38.9 Å². The second-order valence-corrected chi connectivity index (χ2v) is 18.8. The first kappa shape index (κ1) is 46.1. The molecule has 3 aliphatic heterocycles. The Morgan fingerprint density at radius 3 is 1.41 bits per heavy atom. The summed E-state index contributed by atoms with van der Waals surface area (Å²) >= 11 is 0. The molecule has 316 valence electrons. The zero-order valence-electron chi connectivity index (χ0n) is 34.7. The molecule has 16 heteroatoms. The van der Waals surface area contributed by atoms with E-state index in [1.165, 1.54) is 0 Å². The maximum absolute atomic E-state index is 14.5. The SMILES string of the molecule is CC(C)(C)CC(C(=O)OC1CCOC1=O)C(C)(C)CC(C)(C(=O)OCC(=O)OC1CCOC1=O)C(C)(C)CC(C(=O)OCC(=O)OC1CCOC1=O)C(C)(C)C. The Labute approximate surface area is 328 Å². The van der Waals surface area contributed by atoms with E-state index in [0.29, 0.717) is 6.42 Å². The van der Waals surface area contributed by atoms with Crippen LogP contribution in [0.15, 0.2) is 0 Å². The first-order chi connectivity index (χ1) is 25.7. The molecule has 56 heavy (non-hydrogen) atoms. The van der Waals surface area contributed by atoms with E-state index in [2.05, 4.69) is 0 Å². The quantitative estimate of drug-likeness (QED) is 0.149. The standard InChI is InChI=1S/C40H60O16/c1-36(2,3)18-24(31(44)56-27-14-17-51-34(27)47)38(7,8)22-40(11,35(48)53-21-29(42)55-26-13-16-50-33(26)46)39(9,10)19-23(37(4,5)6)30(43)52-20-28(41)54-25-12-15-49-32(25)45/h23-27H,12-22H2,1-11H3. The highest BCUT2D eigenvalue weighted by molar-refractivity contribution is 5.85. The molecule has 0 amide bonds. The zero-order valence-corrected chi connectivity index (χ0v) is 34.7. The third-order valence-corrected chi connectivity index (χ3v) is 11.0. The number of ether oxygens (including phenoxy) is 8. The van der Waals surface area contributed by atoms with E-state index in [0.717, 1.165) is 0 Å². The number of carbonyl (C=O) groups is 8. The fraction of sp³-hybridized carbons (Fsp3) is 0.800. The zero-order chi connectivity index (χ0) is 42.4. The highest BCUT2D eigenvalue weighted by atomic mass is 16.6. The van der Waals surface area contributed by atoms with Crippen molar-refractivity contribution in [3.8, 4) is 0 Å². The molecule has 0 saturated carbocycles. The van der Waals surface area contributed by atoms with Crippen LogP contribution in [0.4, 0.5) is 0 Å². The Morgan fingerprint density at radius 2 is 1.02 bits per heavy atom. The Kier molecular flexibility index (Phi) is 14.8. The highest BCUT2D eigenvalue weighted by Crippen LogP contribution is 2.55. The topological polar surface area (TPSA) is 210 Å². The summed E-state index contributed by atoms with van der Waals surface area (Å²) < 4.78 is 41.7. The fourth-order valence-corrected chi connectivity index (χ4v) is 7.27. The molecule has 0 N–H and O–H groups in total. The third kappa shape index (κ3) is 12.1. The third-order valence-electron chi connectivity index (χ3n) is 11.0. The van der Waals surface area contributed by atoms with Gasteiger partial charge in [-0.3, -0.25) is 14.4 Å². The molecule has 3 saturated heterocycles. The molecule has 0 spiro atoms. The van der Waals surface area contributed by atoms with Gasteiger partial charge in [0.25, 0.3) is 0 Å². The molecule has 16 nitrogen and oxygen atoms in total. The largest absolute Gasteiger partial charge is 0.463 e. The van der Waals surface area contributed by atoms with E-state index in [-0.39, 0.29) is 51.9 Å². The second kappa shape index (κ2) is 17.9. The maximum Gasteiger partial charge on any atom is 0.347 e. The molecular formula is C40H60O16. The van der Waals surface area contributed by atoms with Gasteiger partial charge in [-0.15, -0.1) is 0 Å². The first-order valence-electron chi connectivity index (χ1n) is 19.1. The Balaban J connectivity index is 1.95. The molecule has 3 fully saturated rings. The van der Waals surface area contributed by atoms with Gasteiger partial charge >= 0.3 is 47.8 Å². The van der Waals surface area contributed by atoms with Gasteiger partial charge in [-0.05, 0) is 47.8 Å². The molecular weight excluding hydrogens is 736 g/mol. The van der Waals surface area contributed by atoms with Gasteiger partial charge in [-0.2, -0.15) is 0 Å². The molecule has 6 atom stereocenters. The van der Waals surface area contributed by atoms with Crippen LogP contribution in [-0.4, -0.2) is 99.1 Å². The summed E-state index contributed by atoms with van der Waals surface area (Å²) in [5.74, 6) is -7.89. The predicted octanol–water partition coefficient (Wildman–Crippen LogP) is 4.20. The van der Waals surface area contributed by atoms with Gasteiger partial charge in [0, 0.05) is 19.3 Å². The van der Waals surface area contributed by atoms with Crippen LogP contribution in [0.2, 0.25) is 0 Å². The van der Waals surface area contributed by atoms with Gasteiger partial charge in [0.2, 0.25) is 18.3 Å². The van der Waals surface area contributed by atoms with Gasteiger partial charge in [0.15, 0.2) is 13.2 Å². The lowest BCUT2D eigenvalue weighted by molar-refractivity contribution is -0.181. The summed E-state index contributed by atoms with van der Waals surface area (Å²) in [5, 5.41) is 0. The van der Waals surface area contributed by atoms with Crippen molar-refractivity contribution in [2.24, 2.45) is 38.9 Å². The van der Waals surface area contributed by atoms with Crippen LogP contribution in [0.5, 0.6) is 0 Å². The molecule has 3 rings (SSSR count). The molecule has 0 aromatic rings. The monoisotopic (exact) mass is 796 g/mol. The summed E-state index contributed by atoms with van der Waals surface area (Å²) in [5.41, 5.74) is -4.92.